The van der Waals surface area contributed by atoms with Crippen molar-refractivity contribution in [1.82, 2.24) is 5.32 Å². The minimum absolute atomic E-state index is 0.0434. The molecule has 7 heteroatoms. The molecule has 0 heterocycles. The predicted molar refractivity (Wildman–Crippen MR) is 82.2 cm³/mol. The Labute approximate surface area is 130 Å². The highest BCUT2D eigenvalue weighted by atomic mass is 32.2. The number of carbonyl (C=O) groups excluding carboxylic acids is 2. The molecule has 0 spiro atoms. The van der Waals surface area contributed by atoms with Crippen molar-refractivity contribution in [3.05, 3.63) is 29.8 Å². The summed E-state index contributed by atoms with van der Waals surface area (Å²) in [4.78, 5) is 21.6. The molecule has 0 bridgehead atoms. The molecule has 0 aliphatic heterocycles. The molecular weight excluding hydrogens is 304 g/mol. The largest absolute Gasteiger partial charge is 0.352 e. The van der Waals surface area contributed by atoms with Crippen LogP contribution in [-0.2, 0) is 9.84 Å². The molecular formula is C15H20N2O4S. The number of nitrogens with two attached hydrogens (primary N) is 1. The second-order valence-electron chi connectivity index (χ2n) is 5.60. The first-order valence-electron chi connectivity index (χ1n) is 7.22. The maximum Gasteiger partial charge on any atom is 0.313 e. The number of ketones is 1. The number of amides is 2. The highest BCUT2D eigenvalue weighted by molar-refractivity contribution is 7.93. The predicted octanol–water partition coefficient (Wildman–Crippen LogP) is 1.99. The van der Waals surface area contributed by atoms with Gasteiger partial charge in [-0.1, -0.05) is 37.5 Å². The lowest BCUT2D eigenvalue weighted by atomic mass is 9.95. The monoisotopic (exact) mass is 324 g/mol. The van der Waals surface area contributed by atoms with E-state index in [0.29, 0.717) is 25.7 Å². The molecule has 120 valence electrons. The molecule has 22 heavy (non-hydrogen) atoms. The first-order chi connectivity index (χ1) is 10.3. The summed E-state index contributed by atoms with van der Waals surface area (Å²) < 4.78 is 26.3. The van der Waals surface area contributed by atoms with Gasteiger partial charge in [-0.05, 0) is 25.8 Å². The van der Waals surface area contributed by atoms with Crippen LogP contribution in [0, 0.1) is 0 Å². The molecule has 2 rings (SSSR count). The van der Waals surface area contributed by atoms with E-state index < -0.39 is 20.7 Å². The third kappa shape index (κ3) is 2.85. The summed E-state index contributed by atoms with van der Waals surface area (Å²) in [5, 5.41) is 2.44. The number of hydrogen-bond acceptors (Lipinski definition) is 4. The minimum Gasteiger partial charge on any atom is -0.352 e. The van der Waals surface area contributed by atoms with Gasteiger partial charge in [-0.25, -0.2) is 13.2 Å². The van der Waals surface area contributed by atoms with E-state index in [4.69, 9.17) is 5.73 Å². The lowest BCUT2D eigenvalue weighted by molar-refractivity contribution is 0.101. The van der Waals surface area contributed by atoms with E-state index in [2.05, 4.69) is 5.32 Å². The number of rotatable bonds is 4. The van der Waals surface area contributed by atoms with Gasteiger partial charge in [0.25, 0.3) is 0 Å². The maximum absolute atomic E-state index is 13.1. The van der Waals surface area contributed by atoms with Gasteiger partial charge in [-0.2, -0.15) is 0 Å². The van der Waals surface area contributed by atoms with Crippen LogP contribution in [0.2, 0.25) is 0 Å². The van der Waals surface area contributed by atoms with Crippen LogP contribution in [0.4, 0.5) is 4.79 Å². The van der Waals surface area contributed by atoms with Gasteiger partial charge >= 0.3 is 6.03 Å². The van der Waals surface area contributed by atoms with Crippen LogP contribution in [0.1, 0.15) is 49.4 Å². The van der Waals surface area contributed by atoms with Crippen LogP contribution in [0.25, 0.3) is 0 Å². The third-order valence-corrected chi connectivity index (χ3v) is 6.56. The summed E-state index contributed by atoms with van der Waals surface area (Å²) in [5.74, 6) is -0.329. The maximum atomic E-state index is 13.1. The van der Waals surface area contributed by atoms with E-state index in [1.165, 1.54) is 19.1 Å². The lowest BCUT2D eigenvalue weighted by Gasteiger charge is -2.37. The van der Waals surface area contributed by atoms with Gasteiger partial charge in [0.1, 0.15) is 4.87 Å². The Hall–Kier alpha value is -1.89. The fourth-order valence-corrected chi connectivity index (χ4v) is 5.25. The lowest BCUT2D eigenvalue weighted by Crippen LogP contribution is -2.57. The van der Waals surface area contributed by atoms with E-state index in [-0.39, 0.29) is 16.2 Å². The number of nitrogens with one attached hydrogen (secondary N) is 1. The molecule has 1 aliphatic carbocycles. The van der Waals surface area contributed by atoms with E-state index in [1.807, 2.05) is 0 Å². The van der Waals surface area contributed by atoms with Gasteiger partial charge in [0.05, 0.1) is 4.90 Å². The van der Waals surface area contributed by atoms with Crippen molar-refractivity contribution in [2.45, 2.75) is 48.8 Å². The number of carbonyl (C=O) groups is 2. The summed E-state index contributed by atoms with van der Waals surface area (Å²) in [6.07, 6.45) is 2.87. The van der Waals surface area contributed by atoms with Crippen molar-refractivity contribution < 1.29 is 18.0 Å². The molecule has 1 saturated carbocycles. The van der Waals surface area contributed by atoms with Crippen LogP contribution >= 0.6 is 0 Å². The molecule has 1 aromatic rings. The van der Waals surface area contributed by atoms with Gasteiger partial charge in [-0.15, -0.1) is 0 Å². The summed E-state index contributed by atoms with van der Waals surface area (Å²) in [6, 6.07) is 5.21. The zero-order chi connectivity index (χ0) is 16.4. The van der Waals surface area contributed by atoms with Crippen molar-refractivity contribution >= 4 is 21.7 Å². The fourth-order valence-electron chi connectivity index (χ4n) is 3.01. The smallest absolute Gasteiger partial charge is 0.313 e. The van der Waals surface area contributed by atoms with Crippen LogP contribution in [0.3, 0.4) is 0 Å². The van der Waals surface area contributed by atoms with Gasteiger partial charge in [0, 0.05) is 5.56 Å². The fraction of sp³-hybridized carbons (Fsp3) is 0.467. The first kappa shape index (κ1) is 16.5. The molecule has 0 aromatic heterocycles. The molecule has 1 aliphatic rings. The second kappa shape index (κ2) is 6.08. The molecule has 3 N–H and O–H groups in total. The van der Waals surface area contributed by atoms with Crippen LogP contribution < -0.4 is 11.1 Å². The van der Waals surface area contributed by atoms with Crippen molar-refractivity contribution in [2.75, 3.05) is 0 Å². The van der Waals surface area contributed by atoms with E-state index >= 15 is 0 Å². The van der Waals surface area contributed by atoms with Gasteiger partial charge in [-0.3, -0.25) is 4.79 Å². The minimum atomic E-state index is -3.93. The Bertz CT molecular complexity index is 691. The highest BCUT2D eigenvalue weighted by Crippen LogP contribution is 2.38. The van der Waals surface area contributed by atoms with Crippen molar-refractivity contribution in [1.29, 1.82) is 0 Å². The molecule has 0 unspecified atom stereocenters. The van der Waals surface area contributed by atoms with Crippen molar-refractivity contribution in [2.24, 2.45) is 5.73 Å². The van der Waals surface area contributed by atoms with E-state index in [0.717, 1.165) is 6.42 Å². The molecule has 1 fully saturated rings. The Morgan fingerprint density at radius 2 is 1.73 bits per heavy atom. The van der Waals surface area contributed by atoms with Gasteiger partial charge in [0.2, 0.25) is 9.84 Å². The van der Waals surface area contributed by atoms with Crippen LogP contribution in [0.5, 0.6) is 0 Å². The van der Waals surface area contributed by atoms with Crippen LogP contribution in [0.15, 0.2) is 29.2 Å². The molecule has 0 radical (unpaired) electrons. The average Bonchev–Trinajstić information content (AvgIpc) is 2.47. The van der Waals surface area contributed by atoms with Gasteiger partial charge in [0.15, 0.2) is 5.78 Å². The summed E-state index contributed by atoms with van der Waals surface area (Å²) in [5.41, 5.74) is 5.34. The van der Waals surface area contributed by atoms with Crippen LogP contribution in [-0.4, -0.2) is 25.1 Å². The summed E-state index contributed by atoms with van der Waals surface area (Å²) in [7, 11) is -3.93. The number of urea groups is 1. The highest BCUT2D eigenvalue weighted by Gasteiger charge is 2.47. The zero-order valence-corrected chi connectivity index (χ0v) is 13.3. The molecule has 1 aromatic carbocycles. The Morgan fingerprint density at radius 3 is 2.27 bits per heavy atom. The topological polar surface area (TPSA) is 106 Å². The van der Waals surface area contributed by atoms with Crippen molar-refractivity contribution in [3.8, 4) is 0 Å². The SMILES string of the molecule is CC(=O)c1ccccc1S(=O)(=O)C1(NC(N)=O)CCCCC1. The summed E-state index contributed by atoms with van der Waals surface area (Å²) >= 11 is 0. The number of primary amides is 1. The molecule has 6 nitrogen and oxygen atoms in total. The average molecular weight is 324 g/mol. The Balaban J connectivity index is 2.60. The first-order valence-corrected chi connectivity index (χ1v) is 8.71. The molecule has 0 saturated heterocycles. The number of sulfone groups is 1. The summed E-state index contributed by atoms with van der Waals surface area (Å²) in [6.45, 7) is 1.32. The van der Waals surface area contributed by atoms with Crippen molar-refractivity contribution in [3.63, 3.8) is 0 Å². The molecule has 0 atom stereocenters. The third-order valence-electron chi connectivity index (χ3n) is 4.08. The zero-order valence-electron chi connectivity index (χ0n) is 12.5. The van der Waals surface area contributed by atoms with E-state index in [1.54, 1.807) is 12.1 Å². The van der Waals surface area contributed by atoms with E-state index in [9.17, 15) is 18.0 Å². The van der Waals surface area contributed by atoms with Gasteiger partial charge < -0.3 is 11.1 Å². The Morgan fingerprint density at radius 1 is 1.14 bits per heavy atom. The number of hydrogen-bond donors (Lipinski definition) is 2. The Kier molecular flexibility index (Phi) is 4.55. The molecule has 2 amide bonds. The number of benzene rings is 1. The number of Topliss-reactive ketones (excluding diaryl/α,β-unsaturated/α-hetero) is 1. The normalized spacial score (nSPS) is 17.7. The second-order valence-corrected chi connectivity index (χ2v) is 7.83. The standard InChI is InChI=1S/C15H20N2O4S/c1-11(18)12-7-3-4-8-13(12)22(20,21)15(17-14(16)19)9-5-2-6-10-15/h3-4,7-8H,2,5-6,9-10H2,1H3,(H3,16,17,19). The quantitative estimate of drug-likeness (QED) is 0.826.